The van der Waals surface area contributed by atoms with E-state index in [2.05, 4.69) is 32.4 Å². The van der Waals surface area contributed by atoms with E-state index in [-0.39, 0.29) is 11.3 Å². The molecule has 1 N–H and O–H groups in total. The maximum atomic E-state index is 12.4. The second-order valence-corrected chi connectivity index (χ2v) is 10.8. The molecule has 3 heterocycles. The van der Waals surface area contributed by atoms with Gasteiger partial charge in [-0.2, -0.15) is 5.26 Å². The van der Waals surface area contributed by atoms with E-state index in [1.165, 1.54) is 4.90 Å². The molecule has 0 bridgehead atoms. The van der Waals surface area contributed by atoms with Crippen LogP contribution in [0.5, 0.6) is 0 Å². The van der Waals surface area contributed by atoms with Crippen LogP contribution in [0, 0.1) is 29.6 Å². The number of nitrogens with zero attached hydrogens (tertiary/aromatic N) is 6. The van der Waals surface area contributed by atoms with Gasteiger partial charge in [0.2, 0.25) is 0 Å². The standard InChI is InChI=1S/C28H34N6O3/c1-20-12-26(32-8-10-37-11-9-32)30-16-25(20)34(27(35)36)17-22-4-3-7-28(2,14-22)18-33-19-31-23-6-5-21(15-29)13-24(23)33/h5-6,12-13,16,19,22H,3-4,7-11,14,17-18H2,1-2H3,(H,35,36)/t22?,28-/m0/s1. The number of imidazole rings is 1. The molecule has 1 amide bonds. The predicted octanol–water partition coefficient (Wildman–Crippen LogP) is 4.83. The van der Waals surface area contributed by atoms with Gasteiger partial charge in [-0.3, -0.25) is 4.90 Å². The summed E-state index contributed by atoms with van der Waals surface area (Å²) in [6.07, 6.45) is 6.67. The van der Waals surface area contributed by atoms with Gasteiger partial charge in [-0.15, -0.1) is 0 Å². The Kier molecular flexibility index (Phi) is 7.02. The molecule has 1 aromatic carbocycles. The Morgan fingerprint density at radius 1 is 1.30 bits per heavy atom. The monoisotopic (exact) mass is 502 g/mol. The van der Waals surface area contributed by atoms with Crippen molar-refractivity contribution in [3.63, 3.8) is 0 Å². The van der Waals surface area contributed by atoms with Crippen molar-refractivity contribution in [2.45, 2.75) is 46.1 Å². The smallest absolute Gasteiger partial charge is 0.411 e. The van der Waals surface area contributed by atoms with Crippen LogP contribution in [0.1, 0.15) is 43.7 Å². The third-order valence-electron chi connectivity index (χ3n) is 7.84. The van der Waals surface area contributed by atoms with Crippen LogP contribution in [0.25, 0.3) is 11.0 Å². The van der Waals surface area contributed by atoms with E-state index in [0.717, 1.165) is 67.7 Å². The van der Waals surface area contributed by atoms with Crippen molar-refractivity contribution in [1.82, 2.24) is 14.5 Å². The number of amides is 1. The number of nitriles is 1. The summed E-state index contributed by atoms with van der Waals surface area (Å²) >= 11 is 0. The number of ether oxygens (including phenoxy) is 1. The summed E-state index contributed by atoms with van der Waals surface area (Å²) in [5, 5.41) is 19.4. The molecule has 2 aliphatic rings. The van der Waals surface area contributed by atoms with Gasteiger partial charge < -0.3 is 19.3 Å². The molecule has 0 spiro atoms. The van der Waals surface area contributed by atoms with Gasteiger partial charge in [0, 0.05) is 26.2 Å². The second-order valence-electron chi connectivity index (χ2n) is 10.8. The normalized spacial score (nSPS) is 22.1. The van der Waals surface area contributed by atoms with Crippen molar-refractivity contribution in [1.29, 1.82) is 5.26 Å². The third kappa shape index (κ3) is 5.39. The quantitative estimate of drug-likeness (QED) is 0.514. The minimum atomic E-state index is -0.944. The van der Waals surface area contributed by atoms with Crippen LogP contribution in [-0.2, 0) is 11.3 Å². The van der Waals surface area contributed by atoms with E-state index in [1.54, 1.807) is 12.3 Å². The topological polar surface area (TPSA) is 108 Å². The zero-order valence-corrected chi connectivity index (χ0v) is 21.6. The molecule has 1 unspecified atom stereocenters. The van der Waals surface area contributed by atoms with Gasteiger partial charge in [0.05, 0.1) is 54.1 Å². The minimum absolute atomic E-state index is 0.0108. The molecule has 37 heavy (non-hydrogen) atoms. The molecule has 9 heteroatoms. The van der Waals surface area contributed by atoms with E-state index >= 15 is 0 Å². The summed E-state index contributed by atoms with van der Waals surface area (Å²) in [7, 11) is 0. The summed E-state index contributed by atoms with van der Waals surface area (Å²) < 4.78 is 7.58. The number of carbonyl (C=O) groups is 1. The van der Waals surface area contributed by atoms with Crippen molar-refractivity contribution < 1.29 is 14.6 Å². The van der Waals surface area contributed by atoms with Crippen molar-refractivity contribution in [2.75, 3.05) is 42.6 Å². The number of anilines is 2. The lowest BCUT2D eigenvalue weighted by molar-refractivity contribution is 0.122. The molecule has 2 aromatic heterocycles. The largest absolute Gasteiger partial charge is 0.465 e. The van der Waals surface area contributed by atoms with Gasteiger partial charge in [0.25, 0.3) is 0 Å². The summed E-state index contributed by atoms with van der Waals surface area (Å²) in [5.74, 6) is 1.12. The first-order chi connectivity index (χ1) is 17.8. The molecule has 5 rings (SSSR count). The third-order valence-corrected chi connectivity index (χ3v) is 7.84. The number of fused-ring (bicyclic) bond motifs is 1. The number of morpholine rings is 1. The summed E-state index contributed by atoms with van der Waals surface area (Å²) in [6.45, 7) is 8.43. The lowest BCUT2D eigenvalue weighted by Crippen LogP contribution is -2.40. The second kappa shape index (κ2) is 10.4. The molecule has 3 aromatic rings. The average Bonchev–Trinajstić information content (AvgIpc) is 3.29. The fourth-order valence-electron chi connectivity index (χ4n) is 6.00. The van der Waals surface area contributed by atoms with Crippen LogP contribution in [0.4, 0.5) is 16.3 Å². The van der Waals surface area contributed by atoms with Gasteiger partial charge in [-0.1, -0.05) is 13.3 Å². The summed E-state index contributed by atoms with van der Waals surface area (Å²) in [4.78, 5) is 25.2. The van der Waals surface area contributed by atoms with E-state index in [0.29, 0.717) is 31.0 Å². The Bertz CT molecular complexity index is 1330. The zero-order chi connectivity index (χ0) is 26.0. The van der Waals surface area contributed by atoms with Gasteiger partial charge >= 0.3 is 6.09 Å². The molecular weight excluding hydrogens is 468 g/mol. The molecule has 1 aliphatic heterocycles. The molecule has 2 fully saturated rings. The van der Waals surface area contributed by atoms with E-state index in [4.69, 9.17) is 4.74 Å². The summed E-state index contributed by atoms with van der Waals surface area (Å²) in [6, 6.07) is 9.78. The first-order valence-corrected chi connectivity index (χ1v) is 13.0. The number of rotatable bonds is 6. The number of aryl methyl sites for hydroxylation is 1. The highest BCUT2D eigenvalue weighted by Crippen LogP contribution is 2.42. The highest BCUT2D eigenvalue weighted by Gasteiger charge is 2.35. The zero-order valence-electron chi connectivity index (χ0n) is 21.6. The molecule has 1 saturated carbocycles. The number of aromatic nitrogens is 3. The molecule has 194 valence electrons. The van der Waals surface area contributed by atoms with Crippen LogP contribution in [0.2, 0.25) is 0 Å². The van der Waals surface area contributed by atoms with Crippen molar-refractivity contribution in [2.24, 2.45) is 11.3 Å². The lowest BCUT2D eigenvalue weighted by Gasteiger charge is -2.40. The fraction of sp³-hybridized carbons (Fsp3) is 0.500. The van der Waals surface area contributed by atoms with Gasteiger partial charge in [0.1, 0.15) is 5.82 Å². The first kappa shape index (κ1) is 25.0. The Balaban J connectivity index is 1.31. The number of pyridine rings is 1. The van der Waals surface area contributed by atoms with Gasteiger partial charge in [-0.25, -0.2) is 14.8 Å². The molecular formula is C28H34N6O3. The Hall–Kier alpha value is -3.64. The Labute approximate surface area is 217 Å². The SMILES string of the molecule is Cc1cc(N2CCOCC2)ncc1N(CC1CCC[C@](C)(Cn2cnc3ccc(C#N)cc32)C1)C(=O)O. The molecule has 9 nitrogen and oxygen atoms in total. The molecule has 2 atom stereocenters. The number of hydrogen-bond donors (Lipinski definition) is 1. The van der Waals surface area contributed by atoms with Crippen LogP contribution < -0.4 is 9.80 Å². The predicted molar refractivity (Wildman–Crippen MR) is 142 cm³/mol. The van der Waals surface area contributed by atoms with Crippen LogP contribution in [0.15, 0.2) is 36.8 Å². The number of benzene rings is 1. The van der Waals surface area contributed by atoms with Crippen LogP contribution >= 0.6 is 0 Å². The maximum Gasteiger partial charge on any atom is 0.411 e. The first-order valence-electron chi connectivity index (χ1n) is 13.0. The number of hydrogen-bond acceptors (Lipinski definition) is 6. The lowest BCUT2D eigenvalue weighted by atomic mass is 9.70. The van der Waals surface area contributed by atoms with Crippen molar-refractivity contribution >= 4 is 28.6 Å². The maximum absolute atomic E-state index is 12.4. The molecule has 1 saturated heterocycles. The van der Waals surface area contributed by atoms with Gasteiger partial charge in [-0.05, 0) is 67.3 Å². The number of carboxylic acid groups (broad SMARTS) is 1. The van der Waals surface area contributed by atoms with E-state index in [1.807, 2.05) is 31.5 Å². The Morgan fingerprint density at radius 2 is 2.11 bits per heavy atom. The highest BCUT2D eigenvalue weighted by atomic mass is 16.5. The minimum Gasteiger partial charge on any atom is -0.465 e. The van der Waals surface area contributed by atoms with Crippen molar-refractivity contribution in [3.8, 4) is 6.07 Å². The van der Waals surface area contributed by atoms with E-state index in [9.17, 15) is 15.2 Å². The molecule has 1 aliphatic carbocycles. The van der Waals surface area contributed by atoms with Gasteiger partial charge in [0.15, 0.2) is 0 Å². The van der Waals surface area contributed by atoms with Crippen LogP contribution in [-0.4, -0.2) is 58.6 Å². The van der Waals surface area contributed by atoms with E-state index < -0.39 is 6.09 Å². The average molecular weight is 503 g/mol. The summed E-state index contributed by atoms with van der Waals surface area (Å²) in [5.41, 5.74) is 4.06. The van der Waals surface area contributed by atoms with Crippen molar-refractivity contribution in [3.05, 3.63) is 47.9 Å². The molecule has 0 radical (unpaired) electrons. The fourth-order valence-corrected chi connectivity index (χ4v) is 6.00. The Morgan fingerprint density at radius 3 is 2.84 bits per heavy atom. The highest BCUT2D eigenvalue weighted by molar-refractivity contribution is 5.87. The van der Waals surface area contributed by atoms with Crippen LogP contribution in [0.3, 0.4) is 0 Å².